The average Bonchev–Trinajstić information content (AvgIpc) is 3.48. The van der Waals surface area contributed by atoms with Gasteiger partial charge in [0.05, 0.1) is 0 Å². The van der Waals surface area contributed by atoms with Crippen molar-refractivity contribution in [3.63, 3.8) is 0 Å². The van der Waals surface area contributed by atoms with Crippen LogP contribution in [-0.4, -0.2) is 29.2 Å². The first-order valence-corrected chi connectivity index (χ1v) is 18.3. The molecule has 51 heavy (non-hydrogen) atoms. The number of hydrogen-bond donors (Lipinski definition) is 0. The first kappa shape index (κ1) is 32.8. The summed E-state index contributed by atoms with van der Waals surface area (Å²) in [4.78, 5) is 1.77. The van der Waals surface area contributed by atoms with Crippen LogP contribution in [0.2, 0.25) is 0 Å². The van der Waals surface area contributed by atoms with Gasteiger partial charge in [-0.25, -0.2) is 0 Å². The summed E-state index contributed by atoms with van der Waals surface area (Å²) in [6, 6.07) is 51.1. The summed E-state index contributed by atoms with van der Waals surface area (Å²) in [5, 5.41) is 13.2. The summed E-state index contributed by atoms with van der Waals surface area (Å²) in [5.41, 5.74) is 1.80. The molecule has 0 unspecified atom stereocenters. The molecule has 0 amide bonds. The second-order valence-corrected chi connectivity index (χ2v) is 14.7. The van der Waals surface area contributed by atoms with Gasteiger partial charge in [0.1, 0.15) is 11.5 Å². The van der Waals surface area contributed by atoms with E-state index >= 15 is 0 Å². The maximum atomic E-state index is 6.11. The molecule has 248 valence electrons. The van der Waals surface area contributed by atoms with E-state index in [1.807, 2.05) is 61.8 Å². The van der Waals surface area contributed by atoms with E-state index in [4.69, 9.17) is 33.9 Å². The summed E-state index contributed by atoms with van der Waals surface area (Å²) >= 11 is 12.6. The number of ether oxygens (including phenoxy) is 2. The van der Waals surface area contributed by atoms with E-state index in [-0.39, 0.29) is 0 Å². The zero-order chi connectivity index (χ0) is 35.1. The third kappa shape index (κ3) is 6.62. The fourth-order valence-electron chi connectivity index (χ4n) is 6.52. The van der Waals surface area contributed by atoms with Crippen molar-refractivity contribution in [2.24, 2.45) is 0 Å². The van der Waals surface area contributed by atoms with Gasteiger partial charge in [-0.2, -0.15) is 0 Å². The highest BCUT2D eigenvalue weighted by Gasteiger charge is 2.17. The fraction of sp³-hybridized carbons (Fsp3) is 0.0667. The van der Waals surface area contributed by atoms with Crippen LogP contribution >= 0.6 is 35.8 Å². The van der Waals surface area contributed by atoms with E-state index in [0.29, 0.717) is 21.7 Å². The Bertz CT molecular complexity index is 2710. The van der Waals surface area contributed by atoms with Crippen LogP contribution < -0.4 is 9.47 Å². The van der Waals surface area contributed by atoms with Crippen molar-refractivity contribution in [2.45, 2.75) is 6.92 Å². The lowest BCUT2D eigenvalue weighted by molar-refractivity contribution is 0.450. The van der Waals surface area contributed by atoms with Crippen LogP contribution in [-0.2, 0) is 0 Å². The van der Waals surface area contributed by atoms with E-state index in [2.05, 4.69) is 109 Å². The highest BCUT2D eigenvalue weighted by Crippen LogP contribution is 2.42. The van der Waals surface area contributed by atoms with E-state index < -0.39 is 0 Å². The van der Waals surface area contributed by atoms with E-state index in [9.17, 15) is 0 Å². The van der Waals surface area contributed by atoms with Crippen molar-refractivity contribution in [1.82, 2.24) is 4.90 Å². The van der Waals surface area contributed by atoms with Gasteiger partial charge >= 0.3 is 0 Å². The molecule has 1 heterocycles. The SMILES string of the molecule is CC(=S)Oc1cc2ccccc2cc1-c1cc2ccccc2cc1OC(=S)N(C)C.c1ccc2cc3c(cc2c1)sc1cc2ccccc2cc13. The Balaban J connectivity index is 0.000000155. The Kier molecular flexibility index (Phi) is 8.82. The van der Waals surface area contributed by atoms with Gasteiger partial charge in [0, 0.05) is 52.3 Å². The van der Waals surface area contributed by atoms with Gasteiger partial charge in [-0.3, -0.25) is 0 Å². The summed E-state index contributed by atoms with van der Waals surface area (Å²) in [7, 11) is 3.73. The topological polar surface area (TPSA) is 21.7 Å². The summed E-state index contributed by atoms with van der Waals surface area (Å²) in [6.45, 7) is 1.77. The lowest BCUT2D eigenvalue weighted by Gasteiger charge is -2.19. The largest absolute Gasteiger partial charge is 0.450 e. The number of thiophene rings is 1. The van der Waals surface area contributed by atoms with Crippen LogP contribution in [0.3, 0.4) is 0 Å². The highest BCUT2D eigenvalue weighted by atomic mass is 32.1. The smallest absolute Gasteiger partial charge is 0.264 e. The quantitative estimate of drug-likeness (QED) is 0.169. The molecule has 0 fully saturated rings. The summed E-state index contributed by atoms with van der Waals surface area (Å²) in [6.07, 6.45) is 0. The predicted octanol–water partition coefficient (Wildman–Crippen LogP) is 13.0. The molecule has 8 aromatic carbocycles. The van der Waals surface area contributed by atoms with Crippen molar-refractivity contribution < 1.29 is 9.47 Å². The van der Waals surface area contributed by atoms with Gasteiger partial charge in [0.25, 0.3) is 5.17 Å². The molecule has 0 aliphatic heterocycles. The Hall–Kier alpha value is -5.40. The standard InChI is InChI=1S/C25H21NO2S2.C20H12S/c1-16(29)27-23-14-19-10-6-4-8-17(19)12-21(23)22-13-18-9-5-7-11-20(18)15-24(22)28-25(30)26(2)3;1-3-7-15-11-19-17(9-13(15)5-1)18-10-14-6-2-4-8-16(14)12-20(18)21-19/h4-15H,1-3H3;1-12H. The molecule has 0 atom stereocenters. The molecule has 9 aromatic rings. The molecule has 9 rings (SSSR count). The lowest BCUT2D eigenvalue weighted by atomic mass is 9.96. The number of thiocarbonyl (C=S) groups is 2. The summed E-state index contributed by atoms with van der Waals surface area (Å²) in [5.74, 6) is 1.37. The average molecular weight is 716 g/mol. The van der Waals surface area contributed by atoms with Gasteiger partial charge < -0.3 is 14.4 Å². The highest BCUT2D eigenvalue weighted by molar-refractivity contribution is 7.80. The molecule has 6 heteroatoms. The van der Waals surface area contributed by atoms with Crippen LogP contribution in [0, 0.1) is 0 Å². The normalized spacial score (nSPS) is 11.2. The van der Waals surface area contributed by atoms with Crippen molar-refractivity contribution in [1.29, 1.82) is 0 Å². The van der Waals surface area contributed by atoms with E-state index in [1.165, 1.54) is 41.7 Å². The van der Waals surface area contributed by atoms with Crippen LogP contribution in [0.15, 0.2) is 146 Å². The minimum Gasteiger partial charge on any atom is -0.450 e. The molecule has 0 saturated carbocycles. The number of fused-ring (bicyclic) bond motifs is 7. The minimum absolute atomic E-state index is 0.390. The van der Waals surface area contributed by atoms with Gasteiger partial charge in [-0.05, 0) is 116 Å². The Labute approximate surface area is 311 Å². The van der Waals surface area contributed by atoms with Gasteiger partial charge in [-0.1, -0.05) is 97.1 Å². The van der Waals surface area contributed by atoms with Crippen LogP contribution in [0.25, 0.3) is 74.4 Å². The molecular weight excluding hydrogens is 683 g/mol. The van der Waals surface area contributed by atoms with E-state index in [1.54, 1.807) is 11.8 Å². The Morgan fingerprint density at radius 2 is 0.804 bits per heavy atom. The third-order valence-corrected chi connectivity index (χ3v) is 10.7. The van der Waals surface area contributed by atoms with Gasteiger partial charge in [0.2, 0.25) is 0 Å². The van der Waals surface area contributed by atoms with Crippen LogP contribution in [0.1, 0.15) is 6.92 Å². The molecular formula is C45H33NO2S3. The van der Waals surface area contributed by atoms with Crippen molar-refractivity contribution in [3.05, 3.63) is 146 Å². The van der Waals surface area contributed by atoms with Crippen molar-refractivity contribution in [2.75, 3.05) is 14.1 Å². The number of benzene rings is 8. The van der Waals surface area contributed by atoms with Crippen molar-refractivity contribution in [3.8, 4) is 22.6 Å². The number of rotatable bonds is 3. The van der Waals surface area contributed by atoms with Crippen LogP contribution in [0.4, 0.5) is 0 Å². The van der Waals surface area contributed by atoms with Gasteiger partial charge in [0.15, 0.2) is 5.05 Å². The first-order chi connectivity index (χ1) is 24.8. The molecule has 0 bridgehead atoms. The molecule has 0 radical (unpaired) electrons. The third-order valence-electron chi connectivity index (χ3n) is 9.01. The molecule has 0 aliphatic rings. The minimum atomic E-state index is 0.390. The molecule has 1 aromatic heterocycles. The first-order valence-electron chi connectivity index (χ1n) is 16.7. The number of hydrogen-bond acceptors (Lipinski definition) is 5. The molecule has 0 N–H and O–H groups in total. The van der Waals surface area contributed by atoms with Crippen molar-refractivity contribution >= 4 is 109 Å². The maximum absolute atomic E-state index is 6.11. The lowest BCUT2D eigenvalue weighted by Crippen LogP contribution is -2.25. The summed E-state index contributed by atoms with van der Waals surface area (Å²) < 4.78 is 14.8. The molecule has 0 spiro atoms. The maximum Gasteiger partial charge on any atom is 0.264 e. The fourth-order valence-corrected chi connectivity index (χ4v) is 7.86. The Morgan fingerprint density at radius 1 is 0.471 bits per heavy atom. The zero-order valence-corrected chi connectivity index (χ0v) is 30.8. The predicted molar refractivity (Wildman–Crippen MR) is 227 cm³/mol. The van der Waals surface area contributed by atoms with E-state index in [0.717, 1.165) is 32.7 Å². The molecule has 3 nitrogen and oxygen atoms in total. The van der Waals surface area contributed by atoms with Crippen LogP contribution in [0.5, 0.6) is 11.5 Å². The second-order valence-electron chi connectivity index (χ2n) is 12.7. The van der Waals surface area contributed by atoms with Gasteiger partial charge in [-0.15, -0.1) is 11.3 Å². The monoisotopic (exact) mass is 715 g/mol. The molecule has 0 aliphatic carbocycles. The zero-order valence-electron chi connectivity index (χ0n) is 28.3. The Morgan fingerprint density at radius 3 is 1.18 bits per heavy atom. The second kappa shape index (κ2) is 13.7. The number of nitrogens with zero attached hydrogens (tertiary/aromatic N) is 1. The molecule has 0 saturated heterocycles.